The summed E-state index contributed by atoms with van der Waals surface area (Å²) in [5.41, 5.74) is 6.48. The summed E-state index contributed by atoms with van der Waals surface area (Å²) >= 11 is 0. The van der Waals surface area contributed by atoms with Gasteiger partial charge in [-0.2, -0.15) is 4.98 Å². The van der Waals surface area contributed by atoms with Crippen molar-refractivity contribution in [1.82, 2.24) is 15.5 Å². The Hall–Kier alpha value is -4.21. The summed E-state index contributed by atoms with van der Waals surface area (Å²) in [7, 11) is 1.58. The Morgan fingerprint density at radius 3 is 2.53 bits per heavy atom. The summed E-state index contributed by atoms with van der Waals surface area (Å²) in [4.78, 5) is 39.9. The zero-order valence-electron chi connectivity index (χ0n) is 17.5. The van der Waals surface area contributed by atoms with Crippen LogP contribution in [0.4, 0.5) is 5.69 Å². The smallest absolute Gasteiger partial charge is 0.253 e. The number of anilines is 1. The summed E-state index contributed by atoms with van der Waals surface area (Å²) in [5, 5.41) is 9.25. The Balaban J connectivity index is 1.56. The number of benzene rings is 2. The zero-order valence-corrected chi connectivity index (χ0v) is 17.5. The van der Waals surface area contributed by atoms with Crippen molar-refractivity contribution in [2.45, 2.75) is 19.3 Å². The van der Waals surface area contributed by atoms with Gasteiger partial charge in [0.2, 0.25) is 23.5 Å². The van der Waals surface area contributed by atoms with E-state index in [1.165, 1.54) is 0 Å². The van der Waals surface area contributed by atoms with Crippen LogP contribution in [0.5, 0.6) is 5.75 Å². The molecule has 0 spiro atoms. The van der Waals surface area contributed by atoms with E-state index in [1.807, 2.05) is 12.1 Å². The van der Waals surface area contributed by atoms with Crippen molar-refractivity contribution in [2.75, 3.05) is 19.0 Å². The molecule has 0 atom stereocenters. The third kappa shape index (κ3) is 6.14. The number of nitrogens with zero attached hydrogens (tertiary/aromatic N) is 2. The lowest BCUT2D eigenvalue weighted by atomic mass is 10.1. The molecule has 1 heterocycles. The maximum Gasteiger partial charge on any atom is 0.253 e. The molecule has 0 bridgehead atoms. The van der Waals surface area contributed by atoms with E-state index in [0.29, 0.717) is 17.4 Å². The number of nitrogens with one attached hydrogen (secondary N) is 2. The van der Waals surface area contributed by atoms with E-state index >= 15 is 0 Å². The first kappa shape index (κ1) is 22.5. The lowest BCUT2D eigenvalue weighted by Gasteiger charge is -2.11. The number of primary amides is 1. The largest absolute Gasteiger partial charge is 0.497 e. The predicted octanol–water partition coefficient (Wildman–Crippen LogP) is 1.92. The molecule has 0 aliphatic heterocycles. The number of rotatable bonds is 10. The Morgan fingerprint density at radius 1 is 1.06 bits per heavy atom. The van der Waals surface area contributed by atoms with Crippen LogP contribution in [0, 0.1) is 0 Å². The van der Waals surface area contributed by atoms with Crippen molar-refractivity contribution in [2.24, 2.45) is 5.73 Å². The van der Waals surface area contributed by atoms with Crippen LogP contribution < -0.4 is 21.1 Å². The molecule has 166 valence electrons. The number of ether oxygens (including phenoxy) is 1. The number of carbonyl (C=O) groups excluding carboxylic acids is 3. The highest BCUT2D eigenvalue weighted by molar-refractivity contribution is 6.03. The van der Waals surface area contributed by atoms with E-state index in [9.17, 15) is 14.4 Å². The van der Waals surface area contributed by atoms with Crippen molar-refractivity contribution in [3.05, 3.63) is 60.0 Å². The van der Waals surface area contributed by atoms with Gasteiger partial charge < -0.3 is 25.6 Å². The molecule has 0 radical (unpaired) electrons. The SMILES string of the molecule is COc1ccc(-c2noc(CCC(=O)Nc3ccccc3C(=O)NCCC(N)=O)n2)cc1. The van der Waals surface area contributed by atoms with Gasteiger partial charge in [0.1, 0.15) is 5.75 Å². The topological polar surface area (TPSA) is 149 Å². The third-order valence-electron chi connectivity index (χ3n) is 4.48. The van der Waals surface area contributed by atoms with Gasteiger partial charge in [-0.1, -0.05) is 17.3 Å². The molecule has 0 saturated heterocycles. The molecule has 0 saturated carbocycles. The minimum absolute atomic E-state index is 0.0307. The monoisotopic (exact) mass is 437 g/mol. The highest BCUT2D eigenvalue weighted by atomic mass is 16.5. The van der Waals surface area contributed by atoms with E-state index in [2.05, 4.69) is 20.8 Å². The van der Waals surface area contributed by atoms with Crippen molar-refractivity contribution >= 4 is 23.4 Å². The average Bonchev–Trinajstić information content (AvgIpc) is 3.27. The van der Waals surface area contributed by atoms with Crippen LogP contribution in [-0.4, -0.2) is 41.5 Å². The Bertz CT molecular complexity index is 1090. The second-order valence-electron chi connectivity index (χ2n) is 6.81. The Morgan fingerprint density at radius 2 is 1.81 bits per heavy atom. The summed E-state index contributed by atoms with van der Waals surface area (Å²) in [6, 6.07) is 13.8. The van der Waals surface area contributed by atoms with Crippen LogP contribution in [0.1, 0.15) is 29.1 Å². The highest BCUT2D eigenvalue weighted by Gasteiger charge is 2.15. The quantitative estimate of drug-likeness (QED) is 0.438. The molecule has 3 aromatic rings. The minimum atomic E-state index is -0.511. The summed E-state index contributed by atoms with van der Waals surface area (Å²) in [6.07, 6.45) is 0.354. The molecule has 10 nitrogen and oxygen atoms in total. The fourth-order valence-corrected chi connectivity index (χ4v) is 2.83. The number of aromatic nitrogens is 2. The molecule has 1 aromatic heterocycles. The minimum Gasteiger partial charge on any atom is -0.497 e. The van der Waals surface area contributed by atoms with Gasteiger partial charge in [0.15, 0.2) is 0 Å². The van der Waals surface area contributed by atoms with Gasteiger partial charge in [-0.05, 0) is 36.4 Å². The second-order valence-corrected chi connectivity index (χ2v) is 6.81. The molecule has 3 amide bonds. The number of para-hydroxylation sites is 1. The molecule has 4 N–H and O–H groups in total. The molecule has 0 aliphatic carbocycles. The molecule has 32 heavy (non-hydrogen) atoms. The first-order valence-electron chi connectivity index (χ1n) is 9.88. The number of aryl methyl sites for hydroxylation is 1. The van der Waals surface area contributed by atoms with E-state index in [-0.39, 0.29) is 37.3 Å². The predicted molar refractivity (Wildman–Crippen MR) is 116 cm³/mol. The van der Waals surface area contributed by atoms with Crippen LogP contribution in [0.15, 0.2) is 53.1 Å². The third-order valence-corrected chi connectivity index (χ3v) is 4.48. The molecule has 3 rings (SSSR count). The highest BCUT2D eigenvalue weighted by Crippen LogP contribution is 2.20. The van der Waals surface area contributed by atoms with Gasteiger partial charge in [0.25, 0.3) is 5.91 Å². The number of hydrogen-bond acceptors (Lipinski definition) is 7. The lowest BCUT2D eigenvalue weighted by molar-refractivity contribution is -0.118. The van der Waals surface area contributed by atoms with E-state index in [0.717, 1.165) is 11.3 Å². The second kappa shape index (κ2) is 10.7. The fourth-order valence-electron chi connectivity index (χ4n) is 2.83. The lowest BCUT2D eigenvalue weighted by Crippen LogP contribution is -2.28. The maximum atomic E-state index is 12.4. The summed E-state index contributed by atoms with van der Waals surface area (Å²) < 4.78 is 10.4. The molecule has 0 aliphatic rings. The average molecular weight is 437 g/mol. The Kier molecular flexibility index (Phi) is 7.52. The zero-order chi connectivity index (χ0) is 22.9. The fraction of sp³-hybridized carbons (Fsp3) is 0.227. The van der Waals surface area contributed by atoms with Crippen LogP contribution in [-0.2, 0) is 16.0 Å². The maximum absolute atomic E-state index is 12.4. The van der Waals surface area contributed by atoms with Gasteiger partial charge in [-0.15, -0.1) is 0 Å². The number of hydrogen-bond donors (Lipinski definition) is 3. The first-order chi connectivity index (χ1) is 15.5. The van der Waals surface area contributed by atoms with Gasteiger partial charge in [-0.25, -0.2) is 0 Å². The van der Waals surface area contributed by atoms with Gasteiger partial charge in [-0.3, -0.25) is 14.4 Å². The Labute approximate surface area is 184 Å². The van der Waals surface area contributed by atoms with Gasteiger partial charge in [0, 0.05) is 31.4 Å². The summed E-state index contributed by atoms with van der Waals surface area (Å²) in [5.74, 6) is 0.221. The van der Waals surface area contributed by atoms with E-state index < -0.39 is 11.8 Å². The first-order valence-corrected chi connectivity index (χ1v) is 9.88. The van der Waals surface area contributed by atoms with Crippen molar-refractivity contribution < 1.29 is 23.6 Å². The number of nitrogens with two attached hydrogens (primary N) is 1. The normalized spacial score (nSPS) is 10.4. The van der Waals surface area contributed by atoms with Crippen LogP contribution in [0.2, 0.25) is 0 Å². The van der Waals surface area contributed by atoms with Gasteiger partial charge >= 0.3 is 0 Å². The number of carbonyl (C=O) groups is 3. The van der Waals surface area contributed by atoms with Crippen molar-refractivity contribution in [1.29, 1.82) is 0 Å². The molecule has 0 unspecified atom stereocenters. The van der Waals surface area contributed by atoms with E-state index in [1.54, 1.807) is 43.5 Å². The summed E-state index contributed by atoms with van der Waals surface area (Å²) in [6.45, 7) is 0.115. The van der Waals surface area contributed by atoms with E-state index in [4.69, 9.17) is 15.0 Å². The molecule has 10 heteroatoms. The number of methoxy groups -OCH3 is 1. The van der Waals surface area contributed by atoms with Crippen LogP contribution in [0.3, 0.4) is 0 Å². The van der Waals surface area contributed by atoms with Crippen molar-refractivity contribution in [3.8, 4) is 17.1 Å². The molecule has 2 aromatic carbocycles. The standard InChI is InChI=1S/C22H23N5O5/c1-31-15-8-6-14(7-9-15)21-26-20(32-27-21)11-10-19(29)25-17-5-3-2-4-16(17)22(30)24-13-12-18(23)28/h2-9H,10-13H2,1H3,(H2,23,28)(H,24,30)(H,25,29). The van der Waals surface area contributed by atoms with Gasteiger partial charge in [0.05, 0.1) is 18.4 Å². The molecular formula is C22H23N5O5. The molecular weight excluding hydrogens is 414 g/mol. The molecule has 0 fully saturated rings. The van der Waals surface area contributed by atoms with Crippen LogP contribution >= 0.6 is 0 Å². The van der Waals surface area contributed by atoms with Crippen molar-refractivity contribution in [3.63, 3.8) is 0 Å². The number of amides is 3. The van der Waals surface area contributed by atoms with Crippen LogP contribution in [0.25, 0.3) is 11.4 Å².